The highest BCUT2D eigenvalue weighted by molar-refractivity contribution is 7.87. The first-order valence-electron chi connectivity index (χ1n) is 5.74. The van der Waals surface area contributed by atoms with Crippen LogP contribution in [0.1, 0.15) is 27.7 Å². The number of rotatable bonds is 4. The summed E-state index contributed by atoms with van der Waals surface area (Å²) < 4.78 is 28.4. The first-order chi connectivity index (χ1) is 7.26. The van der Waals surface area contributed by atoms with Crippen molar-refractivity contribution in [2.45, 2.75) is 33.2 Å². The topological polar surface area (TPSA) is 61.4 Å². The standard InChI is InChI=1S/C10H23N3O2S/c1-9(2)7-12-16(14,15)13-6-5-11-8-10(13,3)4/h9,11-12H,5-8H2,1-4H3. The van der Waals surface area contributed by atoms with E-state index in [0.717, 1.165) is 0 Å². The molecule has 0 spiro atoms. The summed E-state index contributed by atoms with van der Waals surface area (Å²) in [5.74, 6) is 0.320. The summed E-state index contributed by atoms with van der Waals surface area (Å²) in [7, 11) is -3.34. The lowest BCUT2D eigenvalue weighted by atomic mass is 10.0. The van der Waals surface area contributed by atoms with Crippen molar-refractivity contribution in [2.24, 2.45) is 5.92 Å². The molecule has 5 nitrogen and oxygen atoms in total. The fraction of sp³-hybridized carbons (Fsp3) is 1.00. The number of piperazine rings is 1. The minimum Gasteiger partial charge on any atom is -0.314 e. The van der Waals surface area contributed by atoms with Crippen molar-refractivity contribution >= 4 is 10.2 Å². The number of hydrogen-bond acceptors (Lipinski definition) is 3. The summed E-state index contributed by atoms with van der Waals surface area (Å²) in [6.45, 7) is 10.3. The molecule has 0 amide bonds. The third-order valence-electron chi connectivity index (χ3n) is 2.69. The fourth-order valence-corrected chi connectivity index (χ4v) is 3.51. The highest BCUT2D eigenvalue weighted by atomic mass is 32.2. The van der Waals surface area contributed by atoms with Gasteiger partial charge in [-0.25, -0.2) is 4.72 Å². The Hall–Kier alpha value is -0.170. The fourth-order valence-electron chi connectivity index (χ4n) is 1.76. The Balaban J connectivity index is 2.73. The second-order valence-electron chi connectivity index (χ2n) is 5.31. The van der Waals surface area contributed by atoms with E-state index in [1.165, 1.54) is 0 Å². The molecule has 1 rings (SSSR count). The zero-order valence-electron chi connectivity index (χ0n) is 10.6. The summed E-state index contributed by atoms with van der Waals surface area (Å²) >= 11 is 0. The van der Waals surface area contributed by atoms with Gasteiger partial charge in [-0.05, 0) is 19.8 Å². The van der Waals surface area contributed by atoms with Gasteiger partial charge in [-0.2, -0.15) is 12.7 Å². The van der Waals surface area contributed by atoms with Gasteiger partial charge in [-0.3, -0.25) is 0 Å². The Labute approximate surface area is 98.8 Å². The average Bonchev–Trinajstić information content (AvgIpc) is 2.14. The predicted octanol–water partition coefficient (Wildman–Crippen LogP) is 0.161. The number of hydrogen-bond donors (Lipinski definition) is 2. The van der Waals surface area contributed by atoms with Gasteiger partial charge in [0.05, 0.1) is 0 Å². The van der Waals surface area contributed by atoms with Crippen LogP contribution < -0.4 is 10.0 Å². The van der Waals surface area contributed by atoms with E-state index in [9.17, 15) is 8.42 Å². The van der Waals surface area contributed by atoms with Crippen LogP contribution in [0.3, 0.4) is 0 Å². The van der Waals surface area contributed by atoms with Gasteiger partial charge in [0.15, 0.2) is 0 Å². The molecular formula is C10H23N3O2S. The van der Waals surface area contributed by atoms with Gasteiger partial charge in [-0.1, -0.05) is 13.8 Å². The highest BCUT2D eigenvalue weighted by Crippen LogP contribution is 2.19. The maximum atomic E-state index is 12.1. The van der Waals surface area contributed by atoms with Gasteiger partial charge < -0.3 is 5.32 Å². The van der Waals surface area contributed by atoms with Crippen molar-refractivity contribution in [3.63, 3.8) is 0 Å². The molecule has 0 unspecified atom stereocenters. The number of nitrogens with zero attached hydrogens (tertiary/aromatic N) is 1. The summed E-state index contributed by atoms with van der Waals surface area (Å²) in [5.41, 5.74) is -0.360. The number of nitrogens with one attached hydrogen (secondary N) is 2. The van der Waals surface area contributed by atoms with Gasteiger partial charge in [0.25, 0.3) is 10.2 Å². The largest absolute Gasteiger partial charge is 0.314 e. The summed E-state index contributed by atoms with van der Waals surface area (Å²) in [4.78, 5) is 0. The SMILES string of the molecule is CC(C)CNS(=O)(=O)N1CCNCC1(C)C. The quantitative estimate of drug-likeness (QED) is 0.746. The first-order valence-corrected chi connectivity index (χ1v) is 7.18. The van der Waals surface area contributed by atoms with Crippen molar-refractivity contribution < 1.29 is 8.42 Å². The lowest BCUT2D eigenvalue weighted by Crippen LogP contribution is -2.62. The molecule has 1 fully saturated rings. The lowest BCUT2D eigenvalue weighted by Gasteiger charge is -2.41. The van der Waals surface area contributed by atoms with Crippen LogP contribution in [-0.2, 0) is 10.2 Å². The summed E-state index contributed by atoms with van der Waals surface area (Å²) in [6.07, 6.45) is 0. The third kappa shape index (κ3) is 3.41. The van der Waals surface area contributed by atoms with Gasteiger partial charge in [0, 0.05) is 31.7 Å². The Morgan fingerprint density at radius 2 is 2.06 bits per heavy atom. The normalized spacial score (nSPS) is 22.6. The third-order valence-corrected chi connectivity index (χ3v) is 4.48. The molecule has 0 aromatic heterocycles. The van der Waals surface area contributed by atoms with Gasteiger partial charge in [0.1, 0.15) is 0 Å². The van der Waals surface area contributed by atoms with Crippen molar-refractivity contribution in [1.29, 1.82) is 0 Å². The molecule has 16 heavy (non-hydrogen) atoms. The highest BCUT2D eigenvalue weighted by Gasteiger charge is 2.37. The van der Waals surface area contributed by atoms with E-state index in [4.69, 9.17) is 0 Å². The second-order valence-corrected chi connectivity index (χ2v) is 6.99. The molecule has 0 aromatic carbocycles. The van der Waals surface area contributed by atoms with Crippen LogP contribution in [-0.4, -0.2) is 44.4 Å². The molecule has 2 N–H and O–H groups in total. The molecule has 1 heterocycles. The molecular weight excluding hydrogens is 226 g/mol. The zero-order chi connectivity index (χ0) is 12.4. The Kier molecular flexibility index (Phi) is 4.34. The van der Waals surface area contributed by atoms with Crippen LogP contribution in [0.5, 0.6) is 0 Å². The first kappa shape index (κ1) is 13.9. The van der Waals surface area contributed by atoms with Crippen LogP contribution >= 0.6 is 0 Å². The van der Waals surface area contributed by atoms with E-state index in [1.54, 1.807) is 4.31 Å². The van der Waals surface area contributed by atoms with Crippen LogP contribution in [0.25, 0.3) is 0 Å². The van der Waals surface area contributed by atoms with E-state index in [1.807, 2.05) is 27.7 Å². The van der Waals surface area contributed by atoms with E-state index >= 15 is 0 Å². The van der Waals surface area contributed by atoms with Gasteiger partial charge >= 0.3 is 0 Å². The Bertz CT molecular complexity index is 325. The molecule has 0 bridgehead atoms. The summed E-state index contributed by atoms with van der Waals surface area (Å²) in [5, 5.41) is 3.21. The lowest BCUT2D eigenvalue weighted by molar-refractivity contribution is 0.183. The molecule has 0 saturated carbocycles. The second kappa shape index (κ2) is 5.00. The predicted molar refractivity (Wildman–Crippen MR) is 65.4 cm³/mol. The smallest absolute Gasteiger partial charge is 0.280 e. The molecule has 0 aliphatic carbocycles. The molecule has 1 saturated heterocycles. The van der Waals surface area contributed by atoms with Crippen molar-refractivity contribution in [3.8, 4) is 0 Å². The van der Waals surface area contributed by atoms with Crippen molar-refractivity contribution in [2.75, 3.05) is 26.2 Å². The molecule has 1 aliphatic rings. The van der Waals surface area contributed by atoms with Crippen LogP contribution in [0, 0.1) is 5.92 Å². The monoisotopic (exact) mass is 249 g/mol. The van der Waals surface area contributed by atoms with Gasteiger partial charge in [-0.15, -0.1) is 0 Å². The van der Waals surface area contributed by atoms with Crippen LogP contribution in [0.15, 0.2) is 0 Å². The molecule has 0 radical (unpaired) electrons. The summed E-state index contributed by atoms with van der Waals surface area (Å²) in [6, 6.07) is 0. The maximum Gasteiger partial charge on any atom is 0.280 e. The minimum atomic E-state index is -3.34. The average molecular weight is 249 g/mol. The molecule has 96 valence electrons. The minimum absolute atomic E-state index is 0.320. The Morgan fingerprint density at radius 3 is 2.56 bits per heavy atom. The van der Waals surface area contributed by atoms with Crippen molar-refractivity contribution in [1.82, 2.24) is 14.3 Å². The van der Waals surface area contributed by atoms with E-state index in [2.05, 4.69) is 10.0 Å². The van der Waals surface area contributed by atoms with Crippen molar-refractivity contribution in [3.05, 3.63) is 0 Å². The van der Waals surface area contributed by atoms with Crippen LogP contribution in [0.2, 0.25) is 0 Å². The molecule has 0 atom stereocenters. The van der Waals surface area contributed by atoms with E-state index in [0.29, 0.717) is 32.1 Å². The van der Waals surface area contributed by atoms with E-state index < -0.39 is 10.2 Å². The molecule has 6 heteroatoms. The molecule has 1 aliphatic heterocycles. The zero-order valence-corrected chi connectivity index (χ0v) is 11.4. The molecule has 0 aromatic rings. The maximum absolute atomic E-state index is 12.1. The Morgan fingerprint density at radius 1 is 1.44 bits per heavy atom. The van der Waals surface area contributed by atoms with Crippen LogP contribution in [0.4, 0.5) is 0 Å². The van der Waals surface area contributed by atoms with E-state index in [-0.39, 0.29) is 5.54 Å². The van der Waals surface area contributed by atoms with Gasteiger partial charge in [0.2, 0.25) is 0 Å².